The molecule has 3 aromatic heterocycles. The maximum atomic E-state index is 5.46. The lowest BCUT2D eigenvalue weighted by Gasteiger charge is -2.07. The number of hydrogen-bond donors (Lipinski definition) is 2. The van der Waals surface area contributed by atoms with Crippen molar-refractivity contribution < 1.29 is 0 Å². The molecule has 268 valence electrons. The Morgan fingerprint density at radius 3 is 1.25 bits per heavy atom. The van der Waals surface area contributed by atoms with Gasteiger partial charge in [-0.05, 0) is 89.0 Å². The Kier molecular flexibility index (Phi) is 8.87. The highest BCUT2D eigenvalue weighted by Gasteiger charge is 2.20. The van der Waals surface area contributed by atoms with E-state index < -0.39 is 0 Å². The third-order valence-corrected chi connectivity index (χ3v) is 10.8. The minimum Gasteiger partial charge on any atom is -0.354 e. The van der Waals surface area contributed by atoms with Crippen molar-refractivity contribution in [1.82, 2.24) is 19.9 Å². The van der Waals surface area contributed by atoms with Gasteiger partial charge in [0.1, 0.15) is 0 Å². The fourth-order valence-corrected chi connectivity index (χ4v) is 7.95. The SMILES string of the molecule is Brc1ccc(C#Cc2cc3[nH]c2c(-c2ccccc2)c2nc(c(-c4ccccc4)c4ccc([nH]4)c(-c4ccccc4)c4nc(c3-c3ccccc3)C=C4)C=C2)cc1. The summed E-state index contributed by atoms with van der Waals surface area (Å²) in [4.78, 5) is 18.6. The van der Waals surface area contributed by atoms with Crippen LogP contribution in [0.3, 0.4) is 0 Å². The van der Waals surface area contributed by atoms with E-state index in [9.17, 15) is 0 Å². The lowest BCUT2D eigenvalue weighted by Crippen LogP contribution is -1.90. The van der Waals surface area contributed by atoms with E-state index in [1.807, 2.05) is 48.5 Å². The molecule has 2 N–H and O–H groups in total. The largest absolute Gasteiger partial charge is 0.354 e. The van der Waals surface area contributed by atoms with Gasteiger partial charge in [-0.25, -0.2) is 9.97 Å². The first-order valence-electron chi connectivity index (χ1n) is 18.9. The van der Waals surface area contributed by atoms with Gasteiger partial charge in [0.2, 0.25) is 0 Å². The molecule has 5 heterocycles. The second kappa shape index (κ2) is 14.8. The van der Waals surface area contributed by atoms with Crippen molar-refractivity contribution in [2.75, 3.05) is 0 Å². The topological polar surface area (TPSA) is 57.4 Å². The van der Waals surface area contributed by atoms with E-state index in [-0.39, 0.29) is 0 Å². The van der Waals surface area contributed by atoms with Crippen LogP contribution in [0.15, 0.2) is 168 Å². The van der Waals surface area contributed by atoms with Crippen molar-refractivity contribution in [2.24, 2.45) is 0 Å². The maximum Gasteiger partial charge on any atom is 0.0737 e. The van der Waals surface area contributed by atoms with E-state index in [0.29, 0.717) is 0 Å². The lowest BCUT2D eigenvalue weighted by atomic mass is 10.0. The first-order valence-corrected chi connectivity index (χ1v) is 19.6. The van der Waals surface area contributed by atoms with Crippen LogP contribution in [0.1, 0.15) is 33.9 Å². The smallest absolute Gasteiger partial charge is 0.0737 e. The second-order valence-electron chi connectivity index (χ2n) is 13.9. The van der Waals surface area contributed by atoms with Gasteiger partial charge in [0.05, 0.1) is 33.9 Å². The first-order chi connectivity index (χ1) is 28.2. The van der Waals surface area contributed by atoms with Crippen molar-refractivity contribution >= 4 is 62.3 Å². The van der Waals surface area contributed by atoms with Crippen LogP contribution in [0.2, 0.25) is 0 Å². The zero-order chi connectivity index (χ0) is 38.1. The molecule has 2 aliphatic rings. The van der Waals surface area contributed by atoms with Crippen LogP contribution in [0.5, 0.6) is 0 Å². The van der Waals surface area contributed by atoms with E-state index in [1.165, 1.54) is 0 Å². The van der Waals surface area contributed by atoms with E-state index in [2.05, 4.69) is 177 Å². The van der Waals surface area contributed by atoms with Crippen molar-refractivity contribution in [2.45, 2.75) is 0 Å². The Morgan fingerprint density at radius 1 is 0.386 bits per heavy atom. The highest BCUT2D eigenvalue weighted by molar-refractivity contribution is 9.10. The molecule has 8 bridgehead atoms. The molecule has 0 aliphatic carbocycles. The molecular weight excluding hydrogens is 761 g/mol. The molecule has 5 aromatic carbocycles. The number of aromatic nitrogens is 4. The van der Waals surface area contributed by atoms with Crippen molar-refractivity contribution in [3.63, 3.8) is 0 Å². The second-order valence-corrected chi connectivity index (χ2v) is 14.8. The van der Waals surface area contributed by atoms with Gasteiger partial charge < -0.3 is 9.97 Å². The van der Waals surface area contributed by atoms with E-state index in [4.69, 9.17) is 9.97 Å². The molecule has 57 heavy (non-hydrogen) atoms. The van der Waals surface area contributed by atoms with Gasteiger partial charge in [-0.15, -0.1) is 0 Å². The fraction of sp³-hybridized carbons (Fsp3) is 0. The van der Waals surface area contributed by atoms with Crippen LogP contribution in [0.4, 0.5) is 0 Å². The number of rotatable bonds is 4. The van der Waals surface area contributed by atoms with Gasteiger partial charge in [0, 0.05) is 48.8 Å². The van der Waals surface area contributed by atoms with Crippen LogP contribution in [0, 0.1) is 11.8 Å². The lowest BCUT2D eigenvalue weighted by molar-refractivity contribution is 1.31. The summed E-state index contributed by atoms with van der Waals surface area (Å²) in [5.74, 6) is 7.03. The molecule has 0 spiro atoms. The molecule has 0 saturated carbocycles. The molecular formula is C52H33BrN4. The standard InChI is InChI=1S/C52H33BrN4/c53-40-25-22-34(23-26-40)21-24-39-33-47-50(37-17-9-3-10-18-37)45-30-29-43(55-45)48(35-13-5-1-6-14-35)41-27-28-42(54-41)49(36-15-7-2-8-16-36)44-31-32-46(56-44)51(52(39)57-47)38-19-11-4-12-20-38/h1-20,22-23,25-33,54,57H. The summed E-state index contributed by atoms with van der Waals surface area (Å²) in [6.45, 7) is 0. The fourth-order valence-electron chi connectivity index (χ4n) is 7.69. The van der Waals surface area contributed by atoms with E-state index >= 15 is 0 Å². The maximum absolute atomic E-state index is 5.46. The van der Waals surface area contributed by atoms with Crippen LogP contribution < -0.4 is 0 Å². The number of nitrogens with one attached hydrogen (secondary N) is 2. The van der Waals surface area contributed by atoms with Gasteiger partial charge in [-0.1, -0.05) is 149 Å². The van der Waals surface area contributed by atoms with Crippen molar-refractivity contribution in [3.8, 4) is 56.3 Å². The van der Waals surface area contributed by atoms with Crippen molar-refractivity contribution in [3.05, 3.63) is 202 Å². The summed E-state index contributed by atoms with van der Waals surface area (Å²) in [6.07, 6.45) is 8.52. The predicted molar refractivity (Wildman–Crippen MR) is 241 cm³/mol. The highest BCUT2D eigenvalue weighted by atomic mass is 79.9. The van der Waals surface area contributed by atoms with Gasteiger partial charge in [0.25, 0.3) is 0 Å². The molecule has 0 atom stereocenters. The molecule has 0 saturated heterocycles. The summed E-state index contributed by atoms with van der Waals surface area (Å²) in [6, 6.07) is 56.5. The van der Waals surface area contributed by atoms with Gasteiger partial charge in [-0.2, -0.15) is 0 Å². The summed E-state index contributed by atoms with van der Waals surface area (Å²) >= 11 is 3.57. The molecule has 5 heteroatoms. The Balaban J connectivity index is 1.41. The summed E-state index contributed by atoms with van der Waals surface area (Å²) in [5, 5.41) is 0. The van der Waals surface area contributed by atoms with Crippen LogP contribution in [0.25, 0.3) is 90.9 Å². The molecule has 10 rings (SSSR count). The monoisotopic (exact) mass is 792 g/mol. The Bertz CT molecular complexity index is 3090. The highest BCUT2D eigenvalue weighted by Crippen LogP contribution is 2.39. The number of fused-ring (bicyclic) bond motifs is 8. The average molecular weight is 794 g/mol. The minimum atomic E-state index is 0.843. The quantitative estimate of drug-likeness (QED) is 0.174. The molecule has 0 amide bonds. The number of aromatic amines is 2. The van der Waals surface area contributed by atoms with Gasteiger partial charge in [-0.3, -0.25) is 0 Å². The number of H-pyrrole nitrogens is 2. The third-order valence-electron chi connectivity index (χ3n) is 10.3. The van der Waals surface area contributed by atoms with Crippen LogP contribution >= 0.6 is 15.9 Å². The molecule has 2 aliphatic heterocycles. The normalized spacial score (nSPS) is 11.7. The number of benzene rings is 5. The summed E-state index contributed by atoms with van der Waals surface area (Å²) in [5.41, 5.74) is 17.1. The molecule has 4 nitrogen and oxygen atoms in total. The number of halogens is 1. The van der Waals surface area contributed by atoms with Gasteiger partial charge in [0.15, 0.2) is 0 Å². The summed E-state index contributed by atoms with van der Waals surface area (Å²) in [7, 11) is 0. The van der Waals surface area contributed by atoms with Gasteiger partial charge >= 0.3 is 0 Å². The third kappa shape index (κ3) is 6.63. The van der Waals surface area contributed by atoms with Crippen LogP contribution in [-0.4, -0.2) is 19.9 Å². The predicted octanol–water partition coefficient (Wildman–Crippen LogP) is 13.5. The number of nitrogens with zero attached hydrogens (tertiary/aromatic N) is 2. The zero-order valence-electron chi connectivity index (χ0n) is 30.7. The molecule has 0 radical (unpaired) electrons. The zero-order valence-corrected chi connectivity index (χ0v) is 32.3. The van der Waals surface area contributed by atoms with Crippen LogP contribution in [-0.2, 0) is 0 Å². The first kappa shape index (κ1) is 34.2. The molecule has 8 aromatic rings. The Hall–Kier alpha value is -7.26. The number of hydrogen-bond acceptors (Lipinski definition) is 2. The molecule has 0 fully saturated rings. The average Bonchev–Trinajstić information content (AvgIpc) is 4.10. The van der Waals surface area contributed by atoms with E-state index in [1.54, 1.807) is 0 Å². The Morgan fingerprint density at radius 2 is 0.789 bits per heavy atom. The van der Waals surface area contributed by atoms with Crippen molar-refractivity contribution in [1.29, 1.82) is 0 Å². The Labute approximate surface area is 339 Å². The van der Waals surface area contributed by atoms with E-state index in [0.717, 1.165) is 105 Å². The summed E-state index contributed by atoms with van der Waals surface area (Å²) < 4.78 is 1.01. The molecule has 0 unspecified atom stereocenters. The minimum absolute atomic E-state index is 0.843.